The van der Waals surface area contributed by atoms with Crippen LogP contribution >= 0.6 is 0 Å². The molecule has 1 aliphatic rings. The molecule has 0 saturated carbocycles. The van der Waals surface area contributed by atoms with Gasteiger partial charge >= 0.3 is 0 Å². The summed E-state index contributed by atoms with van der Waals surface area (Å²) in [7, 11) is 1.85. The van der Waals surface area contributed by atoms with Crippen molar-refractivity contribution in [1.29, 1.82) is 0 Å². The van der Waals surface area contributed by atoms with E-state index in [1.807, 2.05) is 20.9 Å². The Kier molecular flexibility index (Phi) is 3.95. The summed E-state index contributed by atoms with van der Waals surface area (Å²) in [6, 6.07) is 6.37. The quantitative estimate of drug-likeness (QED) is 0.904. The Labute approximate surface area is 115 Å². The summed E-state index contributed by atoms with van der Waals surface area (Å²) in [5.74, 6) is 0.136. The van der Waals surface area contributed by atoms with Gasteiger partial charge in [0, 0.05) is 24.7 Å². The van der Waals surface area contributed by atoms with Gasteiger partial charge in [0.25, 0.3) is 0 Å². The number of anilines is 1. The van der Waals surface area contributed by atoms with Crippen molar-refractivity contribution in [2.75, 3.05) is 11.9 Å². The van der Waals surface area contributed by atoms with Crippen LogP contribution in [0.4, 0.5) is 5.69 Å². The molecule has 0 unspecified atom stereocenters. The topological polar surface area (TPSA) is 46.3 Å². The zero-order valence-electron chi connectivity index (χ0n) is 12.2. The number of amides is 1. The minimum atomic E-state index is -0.283. The molecule has 0 fully saturated rings. The number of rotatable bonds is 4. The van der Waals surface area contributed by atoms with E-state index in [-0.39, 0.29) is 11.4 Å². The van der Waals surface area contributed by atoms with E-state index in [4.69, 9.17) is 5.73 Å². The summed E-state index contributed by atoms with van der Waals surface area (Å²) < 4.78 is 0. The molecule has 0 spiro atoms. The lowest BCUT2D eigenvalue weighted by molar-refractivity contribution is -0.118. The molecule has 0 radical (unpaired) electrons. The Morgan fingerprint density at radius 3 is 2.68 bits per heavy atom. The summed E-state index contributed by atoms with van der Waals surface area (Å²) in [5, 5.41) is 0. The van der Waals surface area contributed by atoms with Gasteiger partial charge in [-0.2, -0.15) is 0 Å². The van der Waals surface area contributed by atoms with Gasteiger partial charge in [-0.25, -0.2) is 0 Å². The Balaban J connectivity index is 2.03. The maximum Gasteiger partial charge on any atom is 0.226 e. The molecule has 3 heteroatoms. The second-order valence-electron chi connectivity index (χ2n) is 6.25. The molecule has 0 aliphatic heterocycles. The third kappa shape index (κ3) is 3.57. The summed E-state index contributed by atoms with van der Waals surface area (Å²) >= 11 is 0. The van der Waals surface area contributed by atoms with Crippen molar-refractivity contribution < 1.29 is 4.79 Å². The van der Waals surface area contributed by atoms with E-state index >= 15 is 0 Å². The van der Waals surface area contributed by atoms with Crippen molar-refractivity contribution in [3.05, 3.63) is 29.3 Å². The lowest BCUT2D eigenvalue weighted by atomic mass is 9.99. The average molecular weight is 260 g/mol. The SMILES string of the molecule is CN(C(=O)CCC(C)(C)N)c1ccc2c(c1)CCC2. The molecule has 0 saturated heterocycles. The summed E-state index contributed by atoms with van der Waals surface area (Å²) in [4.78, 5) is 13.9. The molecule has 104 valence electrons. The second kappa shape index (κ2) is 5.33. The van der Waals surface area contributed by atoms with Crippen LogP contribution < -0.4 is 10.6 Å². The van der Waals surface area contributed by atoms with Crippen LogP contribution in [0.2, 0.25) is 0 Å². The molecule has 0 heterocycles. The normalized spacial score (nSPS) is 14.3. The number of aryl methyl sites for hydroxylation is 2. The predicted octanol–water partition coefficient (Wildman–Crippen LogP) is 2.66. The van der Waals surface area contributed by atoms with Crippen molar-refractivity contribution in [1.82, 2.24) is 0 Å². The number of hydrogen-bond donors (Lipinski definition) is 1. The van der Waals surface area contributed by atoms with Crippen LogP contribution in [-0.2, 0) is 17.6 Å². The molecule has 1 aromatic rings. The van der Waals surface area contributed by atoms with Gasteiger partial charge in [-0.1, -0.05) is 6.07 Å². The highest BCUT2D eigenvalue weighted by Crippen LogP contribution is 2.26. The first-order chi connectivity index (χ1) is 8.87. The minimum absolute atomic E-state index is 0.136. The summed E-state index contributed by atoms with van der Waals surface area (Å²) in [6.45, 7) is 3.91. The number of hydrogen-bond acceptors (Lipinski definition) is 2. The van der Waals surface area contributed by atoms with Crippen LogP contribution in [0.3, 0.4) is 0 Å². The van der Waals surface area contributed by atoms with Crippen molar-refractivity contribution in [2.24, 2.45) is 5.73 Å². The molecule has 1 aromatic carbocycles. The summed E-state index contributed by atoms with van der Waals surface area (Å²) in [6.07, 6.45) is 4.76. The van der Waals surface area contributed by atoms with Gasteiger partial charge in [-0.15, -0.1) is 0 Å². The number of carbonyl (C=O) groups excluding carboxylic acids is 1. The number of nitrogens with two attached hydrogens (primary N) is 1. The number of nitrogens with zero attached hydrogens (tertiary/aromatic N) is 1. The highest BCUT2D eigenvalue weighted by Gasteiger charge is 2.18. The smallest absolute Gasteiger partial charge is 0.226 e. The van der Waals surface area contributed by atoms with E-state index in [0.29, 0.717) is 12.8 Å². The number of benzene rings is 1. The Hall–Kier alpha value is -1.35. The molecule has 3 nitrogen and oxygen atoms in total. The van der Waals surface area contributed by atoms with Crippen LogP contribution in [0.5, 0.6) is 0 Å². The lowest BCUT2D eigenvalue weighted by Crippen LogP contribution is -2.35. The number of fused-ring (bicyclic) bond motifs is 1. The fraction of sp³-hybridized carbons (Fsp3) is 0.562. The van der Waals surface area contributed by atoms with Gasteiger partial charge < -0.3 is 10.6 Å². The van der Waals surface area contributed by atoms with E-state index in [0.717, 1.165) is 12.1 Å². The van der Waals surface area contributed by atoms with Crippen LogP contribution in [0.25, 0.3) is 0 Å². The maximum atomic E-state index is 12.2. The van der Waals surface area contributed by atoms with E-state index in [1.54, 1.807) is 4.90 Å². The first-order valence-electron chi connectivity index (χ1n) is 7.04. The van der Waals surface area contributed by atoms with E-state index in [9.17, 15) is 4.79 Å². The third-order valence-electron chi connectivity index (χ3n) is 3.83. The van der Waals surface area contributed by atoms with E-state index < -0.39 is 0 Å². The number of carbonyl (C=O) groups is 1. The highest BCUT2D eigenvalue weighted by molar-refractivity contribution is 5.93. The van der Waals surface area contributed by atoms with Gasteiger partial charge in [0.05, 0.1) is 0 Å². The zero-order valence-corrected chi connectivity index (χ0v) is 12.2. The molecular formula is C16H24N2O. The molecule has 0 atom stereocenters. The molecule has 0 bridgehead atoms. The van der Waals surface area contributed by atoms with Gasteiger partial charge in [-0.05, 0) is 62.8 Å². The van der Waals surface area contributed by atoms with Gasteiger partial charge in [0.2, 0.25) is 5.91 Å². The maximum absolute atomic E-state index is 12.2. The predicted molar refractivity (Wildman–Crippen MR) is 79.4 cm³/mol. The molecular weight excluding hydrogens is 236 g/mol. The van der Waals surface area contributed by atoms with E-state index in [2.05, 4.69) is 18.2 Å². The summed E-state index contributed by atoms with van der Waals surface area (Å²) in [5.41, 5.74) is 9.48. The Bertz CT molecular complexity index is 474. The fourth-order valence-corrected chi connectivity index (χ4v) is 2.51. The minimum Gasteiger partial charge on any atom is -0.326 e. The fourth-order valence-electron chi connectivity index (χ4n) is 2.51. The van der Waals surface area contributed by atoms with E-state index in [1.165, 1.54) is 24.0 Å². The second-order valence-corrected chi connectivity index (χ2v) is 6.25. The van der Waals surface area contributed by atoms with Crippen molar-refractivity contribution in [3.8, 4) is 0 Å². The molecule has 19 heavy (non-hydrogen) atoms. The van der Waals surface area contributed by atoms with Crippen molar-refractivity contribution >= 4 is 11.6 Å². The zero-order chi connectivity index (χ0) is 14.0. The van der Waals surface area contributed by atoms with Gasteiger partial charge in [0.15, 0.2) is 0 Å². The highest BCUT2D eigenvalue weighted by atomic mass is 16.2. The Morgan fingerprint density at radius 2 is 2.00 bits per heavy atom. The largest absolute Gasteiger partial charge is 0.326 e. The molecule has 2 N–H and O–H groups in total. The first kappa shape index (κ1) is 14.1. The van der Waals surface area contributed by atoms with Crippen molar-refractivity contribution in [3.63, 3.8) is 0 Å². The standard InChI is InChI=1S/C16H24N2O/c1-16(2,17)10-9-15(19)18(3)14-8-7-12-5-4-6-13(12)11-14/h7-8,11H,4-6,9-10,17H2,1-3H3. The average Bonchev–Trinajstić information content (AvgIpc) is 2.81. The Morgan fingerprint density at radius 1 is 1.32 bits per heavy atom. The van der Waals surface area contributed by atoms with Crippen LogP contribution in [0.1, 0.15) is 44.2 Å². The van der Waals surface area contributed by atoms with Crippen LogP contribution in [0, 0.1) is 0 Å². The molecule has 1 aliphatic carbocycles. The van der Waals surface area contributed by atoms with Gasteiger partial charge in [-0.3, -0.25) is 4.79 Å². The first-order valence-corrected chi connectivity index (χ1v) is 7.04. The monoisotopic (exact) mass is 260 g/mol. The van der Waals surface area contributed by atoms with Gasteiger partial charge in [0.1, 0.15) is 0 Å². The third-order valence-corrected chi connectivity index (χ3v) is 3.83. The van der Waals surface area contributed by atoms with Crippen molar-refractivity contribution in [2.45, 2.75) is 51.5 Å². The van der Waals surface area contributed by atoms with Crippen LogP contribution in [0.15, 0.2) is 18.2 Å². The molecule has 0 aromatic heterocycles. The molecule has 1 amide bonds. The lowest BCUT2D eigenvalue weighted by Gasteiger charge is -2.22. The van der Waals surface area contributed by atoms with Crippen LogP contribution in [-0.4, -0.2) is 18.5 Å². The molecule has 2 rings (SSSR count).